The van der Waals surface area contributed by atoms with Crippen molar-refractivity contribution in [2.75, 3.05) is 0 Å². The van der Waals surface area contributed by atoms with Crippen molar-refractivity contribution in [3.8, 4) is 0 Å². The van der Waals surface area contributed by atoms with Gasteiger partial charge in [-0.2, -0.15) is 0 Å². The van der Waals surface area contributed by atoms with Crippen LogP contribution in [0.4, 0.5) is 0 Å². The van der Waals surface area contributed by atoms with Crippen molar-refractivity contribution in [3.63, 3.8) is 0 Å². The Morgan fingerprint density at radius 1 is 1.46 bits per heavy atom. The number of fused-ring (bicyclic) bond motifs is 1. The number of aryl methyl sites for hydroxylation is 1. The van der Waals surface area contributed by atoms with Crippen molar-refractivity contribution in [3.05, 3.63) is 23.8 Å². The standard InChI is InChI=1S/C11H15NS/c1-4-8(2)9-6-5-7-10-11(9)13-12(10)3/h5-8H,4H2,1-3H3. The summed E-state index contributed by atoms with van der Waals surface area (Å²) in [5.41, 5.74) is 2.91. The first-order valence-electron chi connectivity index (χ1n) is 4.78. The number of aromatic nitrogens is 1. The van der Waals surface area contributed by atoms with E-state index in [2.05, 4.69) is 43.1 Å². The summed E-state index contributed by atoms with van der Waals surface area (Å²) >= 11 is 1.86. The maximum atomic E-state index is 2.30. The lowest BCUT2D eigenvalue weighted by molar-refractivity contribution is 0.739. The predicted molar refractivity (Wildman–Crippen MR) is 59.5 cm³/mol. The normalized spacial score (nSPS) is 13.8. The third kappa shape index (κ3) is 1.29. The fourth-order valence-corrected chi connectivity index (χ4v) is 2.71. The Bertz CT molecular complexity index is 411. The molecule has 0 aliphatic rings. The zero-order chi connectivity index (χ0) is 9.42. The second kappa shape index (κ2) is 3.18. The first kappa shape index (κ1) is 8.82. The van der Waals surface area contributed by atoms with E-state index in [0.717, 1.165) is 0 Å². The fourth-order valence-electron chi connectivity index (χ4n) is 1.64. The molecule has 0 bridgehead atoms. The van der Waals surface area contributed by atoms with Gasteiger partial charge in [-0.1, -0.05) is 37.5 Å². The van der Waals surface area contributed by atoms with Gasteiger partial charge < -0.3 is 0 Å². The molecule has 0 saturated heterocycles. The third-order valence-electron chi connectivity index (χ3n) is 2.74. The maximum Gasteiger partial charge on any atom is 0.0722 e. The molecule has 0 spiro atoms. The van der Waals surface area contributed by atoms with Gasteiger partial charge >= 0.3 is 0 Å². The van der Waals surface area contributed by atoms with E-state index in [4.69, 9.17) is 0 Å². The summed E-state index contributed by atoms with van der Waals surface area (Å²) in [7, 11) is 2.12. The molecular weight excluding hydrogens is 178 g/mol. The average molecular weight is 193 g/mol. The van der Waals surface area contributed by atoms with Crippen molar-refractivity contribution in [1.82, 2.24) is 3.96 Å². The van der Waals surface area contributed by atoms with Crippen LogP contribution in [0.25, 0.3) is 10.2 Å². The van der Waals surface area contributed by atoms with Crippen LogP contribution in [0.3, 0.4) is 0 Å². The van der Waals surface area contributed by atoms with Crippen LogP contribution in [0, 0.1) is 0 Å². The smallest absolute Gasteiger partial charge is 0.0722 e. The minimum absolute atomic E-state index is 0.691. The van der Waals surface area contributed by atoms with Crippen LogP contribution in [0.1, 0.15) is 31.7 Å². The lowest BCUT2D eigenvalue weighted by Crippen LogP contribution is -1.99. The highest BCUT2D eigenvalue weighted by molar-refractivity contribution is 7.16. The Kier molecular flexibility index (Phi) is 2.16. The van der Waals surface area contributed by atoms with Gasteiger partial charge in [-0.05, 0) is 24.0 Å². The van der Waals surface area contributed by atoms with Gasteiger partial charge in [0.25, 0.3) is 0 Å². The van der Waals surface area contributed by atoms with Gasteiger partial charge in [0.15, 0.2) is 0 Å². The highest BCUT2D eigenvalue weighted by Crippen LogP contribution is 2.33. The lowest BCUT2D eigenvalue weighted by Gasteiger charge is -2.16. The van der Waals surface area contributed by atoms with E-state index < -0.39 is 0 Å². The van der Waals surface area contributed by atoms with E-state index in [0.29, 0.717) is 5.92 Å². The molecule has 1 heterocycles. The van der Waals surface area contributed by atoms with Crippen LogP contribution in [0.2, 0.25) is 0 Å². The van der Waals surface area contributed by atoms with Crippen molar-refractivity contribution in [2.24, 2.45) is 7.05 Å². The lowest BCUT2D eigenvalue weighted by atomic mass is 9.98. The summed E-state index contributed by atoms with van der Waals surface area (Å²) < 4.78 is 3.71. The third-order valence-corrected chi connectivity index (χ3v) is 3.83. The largest absolute Gasteiger partial charge is 0.299 e. The van der Waals surface area contributed by atoms with Crippen LogP contribution in [-0.4, -0.2) is 3.96 Å². The monoisotopic (exact) mass is 193 g/mol. The summed E-state index contributed by atoms with van der Waals surface area (Å²) in [4.78, 5) is 0. The molecule has 0 aliphatic carbocycles. The topological polar surface area (TPSA) is 4.93 Å². The second-order valence-electron chi connectivity index (χ2n) is 3.59. The molecule has 70 valence electrons. The maximum absolute atomic E-state index is 2.30. The molecule has 2 heteroatoms. The Balaban J connectivity index is 2.52. The van der Waals surface area contributed by atoms with Crippen LogP contribution in [0.15, 0.2) is 18.2 Å². The van der Waals surface area contributed by atoms with E-state index in [9.17, 15) is 0 Å². The van der Waals surface area contributed by atoms with Gasteiger partial charge in [0.05, 0.1) is 10.2 Å². The zero-order valence-corrected chi connectivity index (χ0v) is 9.19. The fraction of sp³-hybridized carbons (Fsp3) is 0.455. The Hall–Kier alpha value is -0.760. The highest BCUT2D eigenvalue weighted by atomic mass is 32.1. The molecule has 2 rings (SSSR count). The quantitative estimate of drug-likeness (QED) is 0.684. The Morgan fingerprint density at radius 3 is 2.85 bits per heavy atom. The van der Waals surface area contributed by atoms with E-state index in [-0.39, 0.29) is 0 Å². The summed E-state index contributed by atoms with van der Waals surface area (Å²) in [6.07, 6.45) is 1.22. The molecule has 13 heavy (non-hydrogen) atoms. The number of rotatable bonds is 2. The minimum Gasteiger partial charge on any atom is -0.299 e. The van der Waals surface area contributed by atoms with Crippen LogP contribution in [-0.2, 0) is 7.05 Å². The molecule has 1 nitrogen and oxygen atoms in total. The Labute approximate surface area is 83.1 Å². The summed E-state index contributed by atoms with van der Waals surface area (Å²) in [5.74, 6) is 0.691. The molecule has 0 aliphatic heterocycles. The summed E-state index contributed by atoms with van der Waals surface area (Å²) in [5, 5.41) is 0. The first-order valence-corrected chi connectivity index (χ1v) is 5.56. The van der Waals surface area contributed by atoms with Gasteiger partial charge in [0.2, 0.25) is 0 Å². The van der Waals surface area contributed by atoms with Crippen LogP contribution < -0.4 is 0 Å². The van der Waals surface area contributed by atoms with E-state index >= 15 is 0 Å². The van der Waals surface area contributed by atoms with Crippen LogP contribution >= 0.6 is 11.5 Å². The Morgan fingerprint density at radius 2 is 2.23 bits per heavy atom. The summed E-state index contributed by atoms with van der Waals surface area (Å²) in [6.45, 7) is 4.55. The highest BCUT2D eigenvalue weighted by Gasteiger charge is 2.11. The molecule has 0 fully saturated rings. The van der Waals surface area contributed by atoms with Crippen molar-refractivity contribution >= 4 is 21.7 Å². The molecule has 2 aromatic rings. The van der Waals surface area contributed by atoms with Crippen molar-refractivity contribution in [1.29, 1.82) is 0 Å². The van der Waals surface area contributed by atoms with Crippen LogP contribution in [0.5, 0.6) is 0 Å². The molecule has 0 amide bonds. The molecule has 1 atom stereocenters. The predicted octanol–water partition coefficient (Wildman–Crippen LogP) is 3.75. The second-order valence-corrected chi connectivity index (χ2v) is 4.73. The van der Waals surface area contributed by atoms with Gasteiger partial charge in [-0.25, -0.2) is 0 Å². The van der Waals surface area contributed by atoms with Gasteiger partial charge in [0, 0.05) is 7.05 Å². The molecule has 0 radical (unpaired) electrons. The average Bonchev–Trinajstić information content (AvgIpc) is 2.15. The molecule has 0 N–H and O–H groups in total. The minimum atomic E-state index is 0.691. The van der Waals surface area contributed by atoms with Crippen molar-refractivity contribution < 1.29 is 0 Å². The molecule has 1 aromatic heterocycles. The number of hydrogen-bond acceptors (Lipinski definition) is 1. The van der Waals surface area contributed by atoms with E-state index in [1.165, 1.54) is 22.2 Å². The molecule has 1 unspecified atom stereocenters. The zero-order valence-electron chi connectivity index (χ0n) is 8.37. The number of benzene rings is 1. The number of nitrogens with zero attached hydrogens (tertiary/aromatic N) is 1. The van der Waals surface area contributed by atoms with Gasteiger partial charge in [-0.15, -0.1) is 0 Å². The van der Waals surface area contributed by atoms with Crippen molar-refractivity contribution in [2.45, 2.75) is 26.2 Å². The van der Waals surface area contributed by atoms with E-state index in [1.54, 1.807) is 0 Å². The molecule has 1 aromatic carbocycles. The molecular formula is C11H15NS. The summed E-state index contributed by atoms with van der Waals surface area (Å²) in [6, 6.07) is 6.61. The SMILES string of the molecule is CCC(C)c1cccc2c1sn2C. The molecule has 0 saturated carbocycles. The van der Waals surface area contributed by atoms with E-state index in [1.807, 2.05) is 11.5 Å². The van der Waals surface area contributed by atoms with Gasteiger partial charge in [0.1, 0.15) is 0 Å². The number of hydrogen-bond donors (Lipinski definition) is 0. The van der Waals surface area contributed by atoms with Gasteiger partial charge in [-0.3, -0.25) is 3.96 Å². The first-order chi connectivity index (χ1) is 6.24.